The molecule has 1 aromatic carbocycles. The van der Waals surface area contributed by atoms with E-state index >= 15 is 0 Å². The summed E-state index contributed by atoms with van der Waals surface area (Å²) in [5, 5.41) is 5.40. The lowest BCUT2D eigenvalue weighted by atomic mass is 9.84. The van der Waals surface area contributed by atoms with Gasteiger partial charge in [0, 0.05) is 11.7 Å². The fraction of sp³-hybridized carbons (Fsp3) is 0.462. The number of aryl methyl sites for hydroxylation is 2. The number of anilines is 1. The van der Waals surface area contributed by atoms with Crippen molar-refractivity contribution in [3.63, 3.8) is 0 Å². The maximum atomic E-state index is 14.0. The second-order valence-corrected chi connectivity index (χ2v) is 10.8. The predicted octanol–water partition coefficient (Wildman–Crippen LogP) is 5.43. The van der Waals surface area contributed by atoms with E-state index < -0.39 is 5.54 Å². The Morgan fingerprint density at radius 2 is 1.94 bits per heavy atom. The van der Waals surface area contributed by atoms with Crippen molar-refractivity contribution < 1.29 is 9.59 Å². The number of benzene rings is 1. The molecule has 0 unspecified atom stereocenters. The molecule has 2 aromatic heterocycles. The van der Waals surface area contributed by atoms with E-state index in [0.717, 1.165) is 46.3 Å². The van der Waals surface area contributed by atoms with E-state index in [9.17, 15) is 9.59 Å². The Labute approximate surface area is 193 Å². The molecule has 3 atom stereocenters. The maximum Gasteiger partial charge on any atom is 0.275 e. The van der Waals surface area contributed by atoms with Crippen LogP contribution in [-0.4, -0.2) is 28.0 Å². The van der Waals surface area contributed by atoms with E-state index in [1.54, 1.807) is 16.2 Å². The molecule has 0 radical (unpaired) electrons. The van der Waals surface area contributed by atoms with Gasteiger partial charge in [0.2, 0.25) is 5.91 Å². The van der Waals surface area contributed by atoms with Crippen molar-refractivity contribution in [2.75, 3.05) is 4.90 Å². The molecule has 168 valence electrons. The van der Waals surface area contributed by atoms with Gasteiger partial charge >= 0.3 is 0 Å². The van der Waals surface area contributed by atoms with Crippen LogP contribution in [0.4, 0.5) is 5.69 Å². The third-order valence-corrected chi connectivity index (χ3v) is 8.28. The highest BCUT2D eigenvalue weighted by Gasteiger charge is 2.49. The van der Waals surface area contributed by atoms with Gasteiger partial charge in [-0.25, -0.2) is 0 Å². The first-order valence-corrected chi connectivity index (χ1v) is 12.5. The first-order valence-electron chi connectivity index (χ1n) is 11.6. The van der Waals surface area contributed by atoms with Crippen LogP contribution >= 0.6 is 11.3 Å². The molecule has 5 nitrogen and oxygen atoms in total. The Morgan fingerprint density at radius 3 is 2.72 bits per heavy atom. The molecule has 1 aliphatic heterocycles. The van der Waals surface area contributed by atoms with Crippen LogP contribution in [0.5, 0.6) is 0 Å². The number of hydrogen-bond acceptors (Lipinski definition) is 3. The summed E-state index contributed by atoms with van der Waals surface area (Å²) >= 11 is 1.63. The van der Waals surface area contributed by atoms with E-state index in [-0.39, 0.29) is 17.9 Å². The largest absolute Gasteiger partial charge is 0.351 e. The van der Waals surface area contributed by atoms with Gasteiger partial charge in [0.1, 0.15) is 11.2 Å². The summed E-state index contributed by atoms with van der Waals surface area (Å²) in [6, 6.07) is 10.3. The number of carbonyl (C=O) groups excluding carboxylic acids is 2. The van der Waals surface area contributed by atoms with Gasteiger partial charge in [-0.15, -0.1) is 11.3 Å². The molecule has 0 spiro atoms. The number of thiophene rings is 1. The third-order valence-electron chi connectivity index (χ3n) is 7.43. The van der Waals surface area contributed by atoms with E-state index in [0.29, 0.717) is 18.2 Å². The van der Waals surface area contributed by atoms with Crippen LogP contribution in [0.1, 0.15) is 61.1 Å². The Kier molecular flexibility index (Phi) is 5.16. The number of fused-ring (bicyclic) bond motifs is 3. The normalized spacial score (nSPS) is 25.8. The van der Waals surface area contributed by atoms with Crippen LogP contribution < -0.4 is 10.2 Å². The number of nitrogens with one attached hydrogen (secondary N) is 1. The van der Waals surface area contributed by atoms with Gasteiger partial charge in [-0.05, 0) is 74.2 Å². The van der Waals surface area contributed by atoms with Gasteiger partial charge < -0.3 is 9.88 Å². The molecule has 3 aromatic rings. The van der Waals surface area contributed by atoms with Crippen LogP contribution in [0.25, 0.3) is 10.2 Å². The fourth-order valence-electron chi connectivity index (χ4n) is 5.41. The van der Waals surface area contributed by atoms with Crippen molar-refractivity contribution in [1.29, 1.82) is 0 Å². The Bertz CT molecular complexity index is 1210. The van der Waals surface area contributed by atoms with Gasteiger partial charge in [0.15, 0.2) is 0 Å². The fourth-order valence-corrected chi connectivity index (χ4v) is 6.23. The Hall–Kier alpha value is -2.60. The molecule has 6 heteroatoms. The zero-order valence-corrected chi connectivity index (χ0v) is 20.1. The Morgan fingerprint density at radius 1 is 1.16 bits per heavy atom. The van der Waals surface area contributed by atoms with Gasteiger partial charge in [0.05, 0.1) is 16.8 Å². The van der Waals surface area contributed by atoms with E-state index in [4.69, 9.17) is 0 Å². The molecule has 5 rings (SSSR count). The molecule has 2 aliphatic rings. The van der Waals surface area contributed by atoms with E-state index in [2.05, 4.69) is 12.2 Å². The smallest absolute Gasteiger partial charge is 0.275 e. The highest BCUT2D eigenvalue weighted by Crippen LogP contribution is 2.39. The standard InChI is InChI=1S/C26H31N3O2S/c1-16-9-10-18(3)21(13-16)29-24(30)22-14-23-20(11-12-32-23)28(22)15-26(29,4)25(31)27-19-8-6-5-7-17(19)2/h9-14,17,19H,5-8,15H2,1-4H3,(H,27,31)/t17-,19-,26+/m0/s1. The average molecular weight is 450 g/mol. The summed E-state index contributed by atoms with van der Waals surface area (Å²) in [6.07, 6.45) is 4.51. The molecule has 1 aliphatic carbocycles. The molecular formula is C26H31N3O2S. The van der Waals surface area contributed by atoms with E-state index in [1.807, 2.05) is 61.1 Å². The molecule has 3 heterocycles. The number of rotatable bonds is 3. The van der Waals surface area contributed by atoms with Crippen molar-refractivity contribution in [2.45, 2.75) is 71.5 Å². The molecule has 0 bridgehead atoms. The zero-order chi connectivity index (χ0) is 22.6. The van der Waals surface area contributed by atoms with Crippen molar-refractivity contribution in [2.24, 2.45) is 5.92 Å². The monoisotopic (exact) mass is 449 g/mol. The van der Waals surface area contributed by atoms with Gasteiger partial charge in [-0.1, -0.05) is 31.9 Å². The molecular weight excluding hydrogens is 418 g/mol. The van der Waals surface area contributed by atoms with Crippen LogP contribution in [0.15, 0.2) is 35.7 Å². The summed E-state index contributed by atoms with van der Waals surface area (Å²) in [5.41, 5.74) is 3.56. The summed E-state index contributed by atoms with van der Waals surface area (Å²) in [7, 11) is 0. The highest BCUT2D eigenvalue weighted by molar-refractivity contribution is 7.17. The molecule has 2 amide bonds. The first kappa shape index (κ1) is 21.3. The van der Waals surface area contributed by atoms with Crippen molar-refractivity contribution >= 4 is 39.1 Å². The lowest BCUT2D eigenvalue weighted by Gasteiger charge is -2.45. The van der Waals surface area contributed by atoms with Crippen molar-refractivity contribution in [3.8, 4) is 0 Å². The number of nitrogens with zero attached hydrogens (tertiary/aromatic N) is 2. The second kappa shape index (κ2) is 7.77. The van der Waals surface area contributed by atoms with Crippen molar-refractivity contribution in [1.82, 2.24) is 9.88 Å². The SMILES string of the molecule is Cc1ccc(C)c(N2C(=O)c3cc4sccc4n3C[C@]2(C)C(=O)N[C@H]2CCCC[C@@H]2C)c1. The minimum Gasteiger partial charge on any atom is -0.351 e. The van der Waals surface area contributed by atoms with E-state index in [1.165, 1.54) is 6.42 Å². The number of hydrogen-bond donors (Lipinski definition) is 1. The van der Waals surface area contributed by atoms with Crippen LogP contribution in [0.3, 0.4) is 0 Å². The number of amides is 2. The lowest BCUT2D eigenvalue weighted by molar-refractivity contribution is -0.127. The highest BCUT2D eigenvalue weighted by atomic mass is 32.1. The first-order chi connectivity index (χ1) is 15.3. The summed E-state index contributed by atoms with van der Waals surface area (Å²) in [5.74, 6) is 0.284. The lowest BCUT2D eigenvalue weighted by Crippen LogP contribution is -2.66. The average Bonchev–Trinajstić information content (AvgIpc) is 3.35. The summed E-state index contributed by atoms with van der Waals surface area (Å²) in [6.45, 7) is 8.62. The molecule has 0 saturated heterocycles. The number of aromatic nitrogens is 1. The molecule has 32 heavy (non-hydrogen) atoms. The van der Waals surface area contributed by atoms with Crippen LogP contribution in [-0.2, 0) is 11.3 Å². The second-order valence-electron chi connectivity index (χ2n) is 9.83. The van der Waals surface area contributed by atoms with Gasteiger partial charge in [-0.2, -0.15) is 0 Å². The van der Waals surface area contributed by atoms with Crippen LogP contribution in [0.2, 0.25) is 0 Å². The minimum absolute atomic E-state index is 0.0618. The van der Waals surface area contributed by atoms with Crippen LogP contribution in [0, 0.1) is 19.8 Å². The maximum absolute atomic E-state index is 14.0. The Balaban J connectivity index is 1.62. The topological polar surface area (TPSA) is 54.3 Å². The quantitative estimate of drug-likeness (QED) is 0.579. The van der Waals surface area contributed by atoms with Gasteiger partial charge in [0.25, 0.3) is 5.91 Å². The minimum atomic E-state index is -1.02. The predicted molar refractivity (Wildman–Crippen MR) is 131 cm³/mol. The third kappa shape index (κ3) is 3.27. The summed E-state index contributed by atoms with van der Waals surface area (Å²) < 4.78 is 3.12. The molecule has 1 saturated carbocycles. The number of carbonyl (C=O) groups is 2. The summed E-state index contributed by atoms with van der Waals surface area (Å²) in [4.78, 5) is 29.7. The zero-order valence-electron chi connectivity index (χ0n) is 19.3. The molecule has 1 N–H and O–H groups in total. The van der Waals surface area contributed by atoms with Gasteiger partial charge in [-0.3, -0.25) is 14.5 Å². The van der Waals surface area contributed by atoms with Crippen molar-refractivity contribution in [3.05, 3.63) is 52.5 Å². The molecule has 1 fully saturated rings.